The van der Waals surface area contributed by atoms with E-state index in [-0.39, 0.29) is 27.6 Å². The molecule has 0 amide bonds. The first kappa shape index (κ1) is 31.6. The molecule has 6 rings (SSSR count). The third-order valence-corrected chi connectivity index (χ3v) is 14.8. The van der Waals surface area contributed by atoms with Crippen LogP contribution in [0.25, 0.3) is 6.08 Å². The molecule has 5 fully saturated rings. The Hall–Kier alpha value is -2.36. The second kappa shape index (κ2) is 10.6. The van der Waals surface area contributed by atoms with Gasteiger partial charge in [0.15, 0.2) is 5.78 Å². The van der Waals surface area contributed by atoms with Gasteiger partial charge < -0.3 is 9.47 Å². The highest BCUT2D eigenvalue weighted by Crippen LogP contribution is 2.77. The number of carbonyl (C=O) groups is 2. The van der Waals surface area contributed by atoms with E-state index >= 15 is 0 Å². The fourth-order valence-corrected chi connectivity index (χ4v) is 12.7. The van der Waals surface area contributed by atoms with Crippen molar-refractivity contribution in [3.05, 3.63) is 47.6 Å². The molecule has 5 aliphatic carbocycles. The lowest BCUT2D eigenvalue weighted by atomic mass is 9.32. The summed E-state index contributed by atoms with van der Waals surface area (Å²) in [5.74, 6) is 3.30. The molecule has 44 heavy (non-hydrogen) atoms. The zero-order valence-electron chi connectivity index (χ0n) is 28.7. The van der Waals surface area contributed by atoms with Crippen LogP contribution < -0.4 is 4.74 Å². The number of methoxy groups -OCH3 is 1. The SMILES string of the molecule is C=C(C)[C@@H]1CC[C@]2(C(=O)OC)CC[C@@]3(C)[C@H](CC[C@H]4[C@]5(C)C/C(=C\c6ccc(OCC)cc6)C(=O)C(C)(C)[C@H]5CC[C@]43C)[C@H]12. The summed E-state index contributed by atoms with van der Waals surface area (Å²) in [5, 5.41) is 0. The van der Waals surface area contributed by atoms with Crippen molar-refractivity contribution >= 4 is 17.8 Å². The summed E-state index contributed by atoms with van der Waals surface area (Å²) in [6.07, 6.45) is 11.6. The number of ether oxygens (including phenoxy) is 2. The Morgan fingerprint density at radius 2 is 1.64 bits per heavy atom. The van der Waals surface area contributed by atoms with Crippen molar-refractivity contribution in [1.29, 1.82) is 0 Å². The number of allylic oxidation sites excluding steroid dienone is 2. The smallest absolute Gasteiger partial charge is 0.312 e. The molecular formula is C40H56O4. The Bertz CT molecular complexity index is 1370. The number of hydrogen-bond acceptors (Lipinski definition) is 4. The predicted octanol–water partition coefficient (Wildman–Crippen LogP) is 9.48. The van der Waals surface area contributed by atoms with Crippen molar-refractivity contribution in [3.8, 4) is 5.75 Å². The van der Waals surface area contributed by atoms with Crippen LogP contribution in [0.1, 0.15) is 112 Å². The van der Waals surface area contributed by atoms with E-state index in [1.165, 1.54) is 12.0 Å². The van der Waals surface area contributed by atoms with E-state index in [1.54, 1.807) is 7.11 Å². The van der Waals surface area contributed by atoms with Gasteiger partial charge in [-0.1, -0.05) is 58.9 Å². The second-order valence-corrected chi connectivity index (χ2v) is 16.7. The molecule has 0 spiro atoms. The molecular weight excluding hydrogens is 544 g/mol. The maximum Gasteiger partial charge on any atom is 0.312 e. The van der Waals surface area contributed by atoms with Crippen molar-refractivity contribution in [1.82, 2.24) is 0 Å². The van der Waals surface area contributed by atoms with Crippen LogP contribution in [0.5, 0.6) is 5.75 Å². The lowest BCUT2D eigenvalue weighted by Gasteiger charge is -2.72. The van der Waals surface area contributed by atoms with Crippen molar-refractivity contribution in [2.75, 3.05) is 13.7 Å². The van der Waals surface area contributed by atoms with Gasteiger partial charge >= 0.3 is 5.97 Å². The minimum absolute atomic E-state index is 0.0212. The van der Waals surface area contributed by atoms with Gasteiger partial charge in [0.1, 0.15) is 5.75 Å². The average molecular weight is 601 g/mol. The van der Waals surface area contributed by atoms with Crippen molar-refractivity contribution in [2.45, 2.75) is 106 Å². The number of Topliss-reactive ketones (excluding diaryl/α,β-unsaturated/α-hetero) is 1. The number of ketones is 1. The molecule has 0 aliphatic heterocycles. The molecule has 4 heteroatoms. The number of rotatable bonds is 5. The Kier molecular flexibility index (Phi) is 7.61. The van der Waals surface area contributed by atoms with Gasteiger partial charge in [-0.3, -0.25) is 9.59 Å². The van der Waals surface area contributed by atoms with Crippen molar-refractivity contribution in [2.24, 2.45) is 56.7 Å². The van der Waals surface area contributed by atoms with Gasteiger partial charge in [0.2, 0.25) is 0 Å². The maximum absolute atomic E-state index is 14.2. The molecule has 0 bridgehead atoms. The average Bonchev–Trinajstić information content (AvgIpc) is 3.38. The summed E-state index contributed by atoms with van der Waals surface area (Å²) >= 11 is 0. The van der Waals surface area contributed by atoms with Gasteiger partial charge in [-0.25, -0.2) is 0 Å². The fraction of sp³-hybridized carbons (Fsp3) is 0.700. The number of carbonyl (C=O) groups excluding carboxylic acids is 2. The highest BCUT2D eigenvalue weighted by atomic mass is 16.5. The first-order valence-corrected chi connectivity index (χ1v) is 17.4. The van der Waals surface area contributed by atoms with Crippen molar-refractivity contribution in [3.63, 3.8) is 0 Å². The molecule has 5 aliphatic rings. The molecule has 1 aromatic carbocycles. The first-order chi connectivity index (χ1) is 20.7. The molecule has 0 aromatic heterocycles. The van der Waals surface area contributed by atoms with E-state index in [9.17, 15) is 9.59 Å². The zero-order chi connectivity index (χ0) is 31.9. The lowest BCUT2D eigenvalue weighted by Crippen LogP contribution is -2.67. The topological polar surface area (TPSA) is 52.6 Å². The monoisotopic (exact) mass is 600 g/mol. The number of esters is 1. The van der Waals surface area contributed by atoms with Gasteiger partial charge in [-0.2, -0.15) is 0 Å². The van der Waals surface area contributed by atoms with Gasteiger partial charge in [0.25, 0.3) is 0 Å². The normalized spacial score (nSPS) is 43.3. The molecule has 1 aromatic rings. The van der Waals surface area contributed by atoms with Crippen LogP contribution in [-0.4, -0.2) is 25.5 Å². The molecule has 0 saturated heterocycles. The van der Waals surface area contributed by atoms with Crippen LogP contribution in [0.2, 0.25) is 0 Å². The molecule has 0 unspecified atom stereocenters. The zero-order valence-corrected chi connectivity index (χ0v) is 28.7. The van der Waals surface area contributed by atoms with E-state index in [2.05, 4.69) is 66.3 Å². The third-order valence-electron chi connectivity index (χ3n) is 14.8. The largest absolute Gasteiger partial charge is 0.494 e. The van der Waals surface area contributed by atoms with Gasteiger partial charge in [-0.15, -0.1) is 0 Å². The summed E-state index contributed by atoms with van der Waals surface area (Å²) in [7, 11) is 1.58. The van der Waals surface area contributed by atoms with Crippen LogP contribution in [0.4, 0.5) is 0 Å². The number of fused-ring (bicyclic) bond motifs is 7. The van der Waals surface area contributed by atoms with Crippen molar-refractivity contribution < 1.29 is 19.1 Å². The highest BCUT2D eigenvalue weighted by molar-refractivity contribution is 6.04. The molecule has 0 heterocycles. The minimum atomic E-state index is -0.397. The highest BCUT2D eigenvalue weighted by Gasteiger charge is 2.72. The second-order valence-electron chi connectivity index (χ2n) is 16.7. The Morgan fingerprint density at radius 1 is 0.932 bits per heavy atom. The van der Waals surface area contributed by atoms with E-state index in [0.29, 0.717) is 42.0 Å². The number of hydrogen-bond donors (Lipinski definition) is 0. The molecule has 5 saturated carbocycles. The fourth-order valence-electron chi connectivity index (χ4n) is 12.7. The third kappa shape index (κ3) is 4.20. The Balaban J connectivity index is 1.38. The molecule has 240 valence electrons. The molecule has 0 radical (unpaired) electrons. The molecule has 0 N–H and O–H groups in total. The quantitative estimate of drug-likeness (QED) is 0.192. The molecule has 9 atom stereocenters. The summed E-state index contributed by atoms with van der Waals surface area (Å²) in [6, 6.07) is 8.19. The van der Waals surface area contributed by atoms with Crippen LogP contribution in [-0.2, 0) is 14.3 Å². The van der Waals surface area contributed by atoms with Gasteiger partial charge in [0, 0.05) is 5.41 Å². The van der Waals surface area contributed by atoms with E-state index in [0.717, 1.165) is 68.3 Å². The van der Waals surface area contributed by atoms with Gasteiger partial charge in [0.05, 0.1) is 19.1 Å². The molecule has 4 nitrogen and oxygen atoms in total. The summed E-state index contributed by atoms with van der Waals surface area (Å²) < 4.78 is 11.2. The van der Waals surface area contributed by atoms with E-state index in [1.807, 2.05) is 19.1 Å². The lowest BCUT2D eigenvalue weighted by molar-refractivity contribution is -0.232. The van der Waals surface area contributed by atoms with Crippen LogP contribution in [0, 0.1) is 56.7 Å². The Morgan fingerprint density at radius 3 is 2.27 bits per heavy atom. The summed E-state index contributed by atoms with van der Waals surface area (Å²) in [4.78, 5) is 27.7. The minimum Gasteiger partial charge on any atom is -0.494 e. The summed E-state index contributed by atoms with van der Waals surface area (Å²) in [6.45, 7) is 21.5. The van der Waals surface area contributed by atoms with E-state index < -0.39 is 5.41 Å². The van der Waals surface area contributed by atoms with Crippen LogP contribution >= 0.6 is 0 Å². The standard InChI is InChI=1S/C40H56O4/c1-10-44-28-13-11-26(12-14-28)23-27-24-37(6)31(36(4,5)34(27)41)18-19-39(8)32(37)16-15-30-33-29(25(2)3)17-20-40(33,35(42)43-9)22-21-38(30,39)7/h11-14,23,29-33H,2,10,15-22,24H2,1,3-9H3/b27-23+/t29-,30+,31+,32-,33-,37+,38-,39+,40-/m0/s1. The van der Waals surface area contributed by atoms with Gasteiger partial charge in [-0.05, 0) is 147 Å². The maximum atomic E-state index is 14.2. The predicted molar refractivity (Wildman–Crippen MR) is 177 cm³/mol. The Labute approximate surface area is 266 Å². The van der Waals surface area contributed by atoms with Crippen LogP contribution in [0.3, 0.4) is 0 Å². The number of benzene rings is 1. The van der Waals surface area contributed by atoms with Crippen LogP contribution in [0.15, 0.2) is 42.0 Å². The summed E-state index contributed by atoms with van der Waals surface area (Å²) in [5.41, 5.74) is 2.86. The van der Waals surface area contributed by atoms with E-state index in [4.69, 9.17) is 9.47 Å². The first-order valence-electron chi connectivity index (χ1n) is 17.4.